The summed E-state index contributed by atoms with van der Waals surface area (Å²) in [5.74, 6) is -0.0484. The number of fused-ring (bicyclic) bond motifs is 1. The van der Waals surface area contributed by atoms with Crippen molar-refractivity contribution in [1.82, 2.24) is 10.3 Å². The minimum absolute atomic E-state index is 0.0484. The van der Waals surface area contributed by atoms with Crippen molar-refractivity contribution in [3.63, 3.8) is 0 Å². The Morgan fingerprint density at radius 1 is 1.04 bits per heavy atom. The van der Waals surface area contributed by atoms with Gasteiger partial charge in [-0.15, -0.1) is 0 Å². The smallest absolute Gasteiger partial charge is 0.243 e. The number of aromatic nitrogens is 1. The number of rotatable bonds is 6. The number of allylic oxidation sites excluding steroid dienone is 1. The lowest BCUT2D eigenvalue weighted by Gasteiger charge is -2.01. The standard InChI is InChI=1S/C20H20N2O/c23-20(22-14-16-8-2-1-3-9-16)13-7-4-10-17-15-21-19-12-6-5-11-18(17)19/h1-3,5-9,11-13,15,21H,4,10,14H2,(H,22,23). The monoisotopic (exact) mass is 304 g/mol. The van der Waals surface area contributed by atoms with Crippen LogP contribution in [0.1, 0.15) is 17.5 Å². The molecule has 0 bridgehead atoms. The molecule has 3 heteroatoms. The molecule has 0 aliphatic heterocycles. The van der Waals surface area contributed by atoms with Gasteiger partial charge in [0.25, 0.3) is 0 Å². The first-order valence-electron chi connectivity index (χ1n) is 7.86. The highest BCUT2D eigenvalue weighted by Gasteiger charge is 2.01. The number of H-pyrrole nitrogens is 1. The molecule has 0 saturated heterocycles. The number of aryl methyl sites for hydroxylation is 1. The molecule has 23 heavy (non-hydrogen) atoms. The Balaban J connectivity index is 1.46. The molecule has 0 unspecified atom stereocenters. The number of carbonyl (C=O) groups is 1. The lowest BCUT2D eigenvalue weighted by Crippen LogP contribution is -2.20. The van der Waals surface area contributed by atoms with E-state index in [1.54, 1.807) is 6.08 Å². The molecule has 1 aromatic heterocycles. The summed E-state index contributed by atoms with van der Waals surface area (Å²) < 4.78 is 0. The maximum atomic E-state index is 11.8. The van der Waals surface area contributed by atoms with Gasteiger partial charge >= 0.3 is 0 Å². The lowest BCUT2D eigenvalue weighted by molar-refractivity contribution is -0.116. The Hall–Kier alpha value is -2.81. The summed E-state index contributed by atoms with van der Waals surface area (Å²) in [5.41, 5.74) is 3.55. The zero-order chi connectivity index (χ0) is 15.9. The van der Waals surface area contributed by atoms with Crippen molar-refractivity contribution >= 4 is 16.8 Å². The summed E-state index contributed by atoms with van der Waals surface area (Å²) in [4.78, 5) is 15.1. The number of nitrogens with one attached hydrogen (secondary N) is 2. The third kappa shape index (κ3) is 4.10. The van der Waals surface area contributed by atoms with E-state index in [1.165, 1.54) is 10.9 Å². The van der Waals surface area contributed by atoms with E-state index in [9.17, 15) is 4.79 Å². The van der Waals surface area contributed by atoms with E-state index >= 15 is 0 Å². The number of carbonyl (C=O) groups excluding carboxylic acids is 1. The summed E-state index contributed by atoms with van der Waals surface area (Å²) in [6.45, 7) is 0.562. The molecule has 0 fully saturated rings. The van der Waals surface area contributed by atoms with Gasteiger partial charge in [0.2, 0.25) is 5.91 Å². The number of aromatic amines is 1. The van der Waals surface area contributed by atoms with Crippen LogP contribution in [0.15, 0.2) is 72.9 Å². The first-order chi connectivity index (χ1) is 11.3. The molecule has 3 nitrogen and oxygen atoms in total. The van der Waals surface area contributed by atoms with E-state index in [0.717, 1.165) is 23.9 Å². The SMILES string of the molecule is O=C(C=CCCc1c[nH]c2ccccc12)NCc1ccccc1. The fraction of sp³-hybridized carbons (Fsp3) is 0.150. The van der Waals surface area contributed by atoms with E-state index in [4.69, 9.17) is 0 Å². The Morgan fingerprint density at radius 3 is 2.70 bits per heavy atom. The van der Waals surface area contributed by atoms with Gasteiger partial charge in [-0.3, -0.25) is 4.79 Å². The topological polar surface area (TPSA) is 44.9 Å². The molecular weight excluding hydrogens is 284 g/mol. The highest BCUT2D eigenvalue weighted by Crippen LogP contribution is 2.18. The van der Waals surface area contributed by atoms with E-state index in [0.29, 0.717) is 6.54 Å². The molecular formula is C20H20N2O. The molecule has 2 aromatic carbocycles. The van der Waals surface area contributed by atoms with Crippen LogP contribution in [-0.2, 0) is 17.8 Å². The molecule has 0 radical (unpaired) electrons. The molecule has 1 amide bonds. The normalized spacial score (nSPS) is 11.1. The average Bonchev–Trinajstić information content (AvgIpc) is 3.01. The molecule has 0 saturated carbocycles. The highest BCUT2D eigenvalue weighted by atomic mass is 16.1. The van der Waals surface area contributed by atoms with Gasteiger partial charge < -0.3 is 10.3 Å². The quantitative estimate of drug-likeness (QED) is 0.665. The van der Waals surface area contributed by atoms with Crippen LogP contribution >= 0.6 is 0 Å². The number of amides is 1. The third-order valence-electron chi connectivity index (χ3n) is 3.83. The fourth-order valence-electron chi connectivity index (χ4n) is 2.61. The van der Waals surface area contributed by atoms with Gasteiger partial charge in [-0.1, -0.05) is 54.6 Å². The molecule has 0 atom stereocenters. The molecule has 2 N–H and O–H groups in total. The second kappa shape index (κ2) is 7.45. The molecule has 116 valence electrons. The molecule has 1 heterocycles. The number of hydrogen-bond donors (Lipinski definition) is 2. The predicted octanol–water partition coefficient (Wildman–Crippen LogP) is 3.97. The van der Waals surface area contributed by atoms with Crippen LogP contribution in [-0.4, -0.2) is 10.9 Å². The fourth-order valence-corrected chi connectivity index (χ4v) is 2.61. The van der Waals surface area contributed by atoms with Gasteiger partial charge in [0.15, 0.2) is 0 Å². The zero-order valence-electron chi connectivity index (χ0n) is 13.0. The molecule has 0 aliphatic carbocycles. The summed E-state index contributed by atoms with van der Waals surface area (Å²) in [6.07, 6.45) is 7.38. The van der Waals surface area contributed by atoms with Crippen LogP contribution in [0.4, 0.5) is 0 Å². The first kappa shape index (κ1) is 15.1. The van der Waals surface area contributed by atoms with E-state index in [-0.39, 0.29) is 5.91 Å². The van der Waals surface area contributed by atoms with Crippen LogP contribution in [0.5, 0.6) is 0 Å². The van der Waals surface area contributed by atoms with Gasteiger partial charge in [0.1, 0.15) is 0 Å². The van der Waals surface area contributed by atoms with Crippen molar-refractivity contribution in [2.75, 3.05) is 0 Å². The maximum Gasteiger partial charge on any atom is 0.243 e. The van der Waals surface area contributed by atoms with Crippen molar-refractivity contribution in [2.24, 2.45) is 0 Å². The minimum atomic E-state index is -0.0484. The van der Waals surface area contributed by atoms with Gasteiger partial charge in [-0.2, -0.15) is 0 Å². The van der Waals surface area contributed by atoms with Crippen LogP contribution in [0.3, 0.4) is 0 Å². The van der Waals surface area contributed by atoms with E-state index in [2.05, 4.69) is 22.4 Å². The number of hydrogen-bond acceptors (Lipinski definition) is 1. The Labute approximate surface area is 136 Å². The second-order valence-electron chi connectivity index (χ2n) is 5.50. The van der Waals surface area contributed by atoms with Crippen LogP contribution in [0.2, 0.25) is 0 Å². The molecule has 0 spiro atoms. The van der Waals surface area contributed by atoms with Gasteiger partial charge in [0, 0.05) is 23.6 Å². The molecule has 0 aliphatic rings. The summed E-state index contributed by atoms with van der Waals surface area (Å²) in [6, 6.07) is 18.2. The van der Waals surface area contributed by atoms with Crippen LogP contribution < -0.4 is 5.32 Å². The van der Waals surface area contributed by atoms with E-state index in [1.807, 2.05) is 54.7 Å². The lowest BCUT2D eigenvalue weighted by atomic mass is 10.1. The maximum absolute atomic E-state index is 11.8. The Morgan fingerprint density at radius 2 is 1.83 bits per heavy atom. The average molecular weight is 304 g/mol. The van der Waals surface area contributed by atoms with Crippen molar-refractivity contribution in [3.8, 4) is 0 Å². The van der Waals surface area contributed by atoms with E-state index < -0.39 is 0 Å². The Kier molecular flexibility index (Phi) is 4.89. The second-order valence-corrected chi connectivity index (χ2v) is 5.50. The first-order valence-corrected chi connectivity index (χ1v) is 7.86. The molecule has 3 aromatic rings. The predicted molar refractivity (Wildman–Crippen MR) is 94.0 cm³/mol. The summed E-state index contributed by atoms with van der Waals surface area (Å²) in [5, 5.41) is 4.15. The largest absolute Gasteiger partial charge is 0.361 e. The number of benzene rings is 2. The summed E-state index contributed by atoms with van der Waals surface area (Å²) >= 11 is 0. The van der Waals surface area contributed by atoms with Crippen molar-refractivity contribution in [1.29, 1.82) is 0 Å². The zero-order valence-corrected chi connectivity index (χ0v) is 13.0. The van der Waals surface area contributed by atoms with Gasteiger partial charge in [-0.25, -0.2) is 0 Å². The van der Waals surface area contributed by atoms with Crippen molar-refractivity contribution in [2.45, 2.75) is 19.4 Å². The highest BCUT2D eigenvalue weighted by molar-refractivity contribution is 5.87. The van der Waals surface area contributed by atoms with Crippen molar-refractivity contribution < 1.29 is 4.79 Å². The summed E-state index contributed by atoms with van der Waals surface area (Å²) in [7, 11) is 0. The Bertz CT molecular complexity index is 803. The van der Waals surface area contributed by atoms with Gasteiger partial charge in [0.05, 0.1) is 0 Å². The van der Waals surface area contributed by atoms with Crippen molar-refractivity contribution in [3.05, 3.63) is 84.1 Å². The third-order valence-corrected chi connectivity index (χ3v) is 3.83. The van der Waals surface area contributed by atoms with Crippen LogP contribution in [0, 0.1) is 0 Å². The molecule has 3 rings (SSSR count). The minimum Gasteiger partial charge on any atom is -0.361 e. The van der Waals surface area contributed by atoms with Gasteiger partial charge in [-0.05, 0) is 36.1 Å². The van der Waals surface area contributed by atoms with Crippen LogP contribution in [0.25, 0.3) is 10.9 Å². The number of para-hydroxylation sites is 1.